The fourth-order valence-corrected chi connectivity index (χ4v) is 3.24. The lowest BCUT2D eigenvalue weighted by molar-refractivity contribution is -0.126. The maximum atomic E-state index is 12.7. The molecule has 0 aliphatic carbocycles. The highest BCUT2D eigenvalue weighted by Gasteiger charge is 2.30. The van der Waals surface area contributed by atoms with Gasteiger partial charge in [-0.2, -0.15) is 0 Å². The van der Waals surface area contributed by atoms with E-state index in [4.69, 9.17) is 14.2 Å². The van der Waals surface area contributed by atoms with Crippen molar-refractivity contribution in [2.24, 2.45) is 0 Å². The van der Waals surface area contributed by atoms with Gasteiger partial charge in [0, 0.05) is 12.2 Å². The van der Waals surface area contributed by atoms with Gasteiger partial charge in [-0.3, -0.25) is 4.79 Å². The standard InChI is InChI=1S/C20H19NO5/c1-13(19(22)21-9-8-14-4-2-3-5-16(14)21)26-20(23)15-6-7-17-18(12-15)25-11-10-24-17/h2-7,12-13H,8-11H2,1H3/t13-/m0/s1. The minimum absolute atomic E-state index is 0.221. The molecule has 0 bridgehead atoms. The maximum absolute atomic E-state index is 12.7. The van der Waals surface area contributed by atoms with Gasteiger partial charge in [0.2, 0.25) is 0 Å². The van der Waals surface area contributed by atoms with Crippen molar-refractivity contribution in [2.75, 3.05) is 24.7 Å². The number of para-hydroxylation sites is 1. The molecule has 2 aliphatic heterocycles. The van der Waals surface area contributed by atoms with Gasteiger partial charge >= 0.3 is 5.97 Å². The van der Waals surface area contributed by atoms with E-state index in [2.05, 4.69) is 0 Å². The predicted octanol–water partition coefficient (Wildman–Crippen LogP) is 2.59. The summed E-state index contributed by atoms with van der Waals surface area (Å²) < 4.78 is 16.3. The first-order valence-electron chi connectivity index (χ1n) is 8.63. The van der Waals surface area contributed by atoms with Crippen molar-refractivity contribution >= 4 is 17.6 Å². The van der Waals surface area contributed by atoms with Crippen molar-refractivity contribution in [2.45, 2.75) is 19.4 Å². The Labute approximate surface area is 151 Å². The van der Waals surface area contributed by atoms with Crippen LogP contribution in [0.5, 0.6) is 11.5 Å². The van der Waals surface area contributed by atoms with Crippen LogP contribution in [0.15, 0.2) is 42.5 Å². The molecule has 0 fully saturated rings. The Balaban J connectivity index is 1.45. The van der Waals surface area contributed by atoms with Crippen LogP contribution in [0.1, 0.15) is 22.8 Å². The monoisotopic (exact) mass is 353 g/mol. The molecule has 2 aromatic carbocycles. The normalized spacial score (nSPS) is 16.0. The summed E-state index contributed by atoms with van der Waals surface area (Å²) in [4.78, 5) is 26.8. The van der Waals surface area contributed by atoms with Gasteiger partial charge in [0.05, 0.1) is 5.56 Å². The van der Waals surface area contributed by atoms with E-state index in [-0.39, 0.29) is 5.91 Å². The fourth-order valence-electron chi connectivity index (χ4n) is 3.24. The van der Waals surface area contributed by atoms with Crippen LogP contribution >= 0.6 is 0 Å². The number of ether oxygens (including phenoxy) is 3. The van der Waals surface area contributed by atoms with Gasteiger partial charge in [-0.1, -0.05) is 18.2 Å². The summed E-state index contributed by atoms with van der Waals surface area (Å²) in [6, 6.07) is 12.6. The van der Waals surface area contributed by atoms with E-state index in [1.54, 1.807) is 30.0 Å². The lowest BCUT2D eigenvalue weighted by atomic mass is 10.2. The number of benzene rings is 2. The first kappa shape index (κ1) is 16.4. The van der Waals surface area contributed by atoms with E-state index in [0.29, 0.717) is 36.8 Å². The summed E-state index contributed by atoms with van der Waals surface area (Å²) in [5, 5.41) is 0. The molecule has 2 aliphatic rings. The minimum atomic E-state index is -0.873. The second kappa shape index (κ2) is 6.71. The summed E-state index contributed by atoms with van der Waals surface area (Å²) in [5.41, 5.74) is 2.35. The Morgan fingerprint density at radius 2 is 1.85 bits per heavy atom. The first-order chi connectivity index (χ1) is 12.6. The highest BCUT2D eigenvalue weighted by molar-refractivity contribution is 6.00. The Morgan fingerprint density at radius 1 is 1.08 bits per heavy atom. The molecular formula is C20H19NO5. The smallest absolute Gasteiger partial charge is 0.339 e. The van der Waals surface area contributed by atoms with Crippen LogP contribution in [0.4, 0.5) is 5.69 Å². The number of carbonyl (C=O) groups excluding carboxylic acids is 2. The van der Waals surface area contributed by atoms with Crippen molar-refractivity contribution in [1.29, 1.82) is 0 Å². The molecular weight excluding hydrogens is 334 g/mol. The minimum Gasteiger partial charge on any atom is -0.486 e. The van der Waals surface area contributed by atoms with Gasteiger partial charge in [0.25, 0.3) is 5.91 Å². The predicted molar refractivity (Wildman–Crippen MR) is 94.8 cm³/mol. The quantitative estimate of drug-likeness (QED) is 0.794. The van der Waals surface area contributed by atoms with Crippen LogP contribution in [-0.4, -0.2) is 37.7 Å². The SMILES string of the molecule is C[C@H](OC(=O)c1ccc2c(c1)OCCO2)C(=O)N1CCc2ccccc21. The molecule has 6 heteroatoms. The van der Waals surface area contributed by atoms with Crippen LogP contribution in [-0.2, 0) is 16.0 Å². The Morgan fingerprint density at radius 3 is 2.69 bits per heavy atom. The Hall–Kier alpha value is -3.02. The number of fused-ring (bicyclic) bond motifs is 2. The van der Waals surface area contributed by atoms with Crippen LogP contribution in [0.2, 0.25) is 0 Å². The average molecular weight is 353 g/mol. The lowest BCUT2D eigenvalue weighted by Crippen LogP contribution is -2.39. The zero-order valence-corrected chi connectivity index (χ0v) is 14.4. The third-order valence-corrected chi connectivity index (χ3v) is 4.56. The largest absolute Gasteiger partial charge is 0.486 e. The molecule has 1 amide bonds. The molecule has 0 saturated carbocycles. The zero-order chi connectivity index (χ0) is 18.1. The summed E-state index contributed by atoms with van der Waals surface area (Å²) >= 11 is 0. The zero-order valence-electron chi connectivity index (χ0n) is 14.4. The topological polar surface area (TPSA) is 65.1 Å². The van der Waals surface area contributed by atoms with Crippen molar-refractivity contribution < 1.29 is 23.8 Å². The summed E-state index contributed by atoms with van der Waals surface area (Å²) in [6.45, 7) is 3.12. The summed E-state index contributed by atoms with van der Waals surface area (Å²) in [7, 11) is 0. The van der Waals surface area contributed by atoms with Gasteiger partial charge in [0.15, 0.2) is 17.6 Å². The van der Waals surface area contributed by atoms with Gasteiger partial charge < -0.3 is 19.1 Å². The second-order valence-electron chi connectivity index (χ2n) is 6.27. The van der Waals surface area contributed by atoms with Crippen LogP contribution < -0.4 is 14.4 Å². The third kappa shape index (κ3) is 2.98. The highest BCUT2D eigenvalue weighted by Crippen LogP contribution is 2.31. The Kier molecular flexibility index (Phi) is 4.24. The first-order valence-corrected chi connectivity index (χ1v) is 8.63. The van der Waals surface area contributed by atoms with Gasteiger partial charge in [-0.05, 0) is 43.2 Å². The molecule has 0 unspecified atom stereocenters. The lowest BCUT2D eigenvalue weighted by Gasteiger charge is -2.22. The number of amides is 1. The number of carbonyl (C=O) groups is 2. The van der Waals surface area contributed by atoms with E-state index in [1.807, 2.05) is 24.3 Å². The van der Waals surface area contributed by atoms with E-state index in [0.717, 1.165) is 17.7 Å². The molecule has 134 valence electrons. The van der Waals surface area contributed by atoms with Gasteiger partial charge in [-0.15, -0.1) is 0 Å². The Bertz CT molecular complexity index is 863. The van der Waals surface area contributed by atoms with Crippen LogP contribution in [0.3, 0.4) is 0 Å². The number of hydrogen-bond acceptors (Lipinski definition) is 5. The fraction of sp³-hybridized carbons (Fsp3) is 0.300. The molecule has 4 rings (SSSR count). The number of hydrogen-bond donors (Lipinski definition) is 0. The van der Waals surface area contributed by atoms with Crippen molar-refractivity contribution in [3.05, 3.63) is 53.6 Å². The number of nitrogens with zero attached hydrogens (tertiary/aromatic N) is 1. The summed E-state index contributed by atoms with van der Waals surface area (Å²) in [6.07, 6.45) is -0.0630. The van der Waals surface area contributed by atoms with E-state index in [1.165, 1.54) is 0 Å². The molecule has 0 radical (unpaired) electrons. The molecule has 6 nitrogen and oxygen atoms in total. The maximum Gasteiger partial charge on any atom is 0.339 e. The number of anilines is 1. The van der Waals surface area contributed by atoms with Gasteiger partial charge in [-0.25, -0.2) is 4.79 Å². The van der Waals surface area contributed by atoms with Gasteiger partial charge in [0.1, 0.15) is 13.2 Å². The molecule has 26 heavy (non-hydrogen) atoms. The van der Waals surface area contributed by atoms with Crippen molar-refractivity contribution in [3.8, 4) is 11.5 Å². The van der Waals surface area contributed by atoms with Crippen molar-refractivity contribution in [3.63, 3.8) is 0 Å². The van der Waals surface area contributed by atoms with E-state index in [9.17, 15) is 9.59 Å². The van der Waals surface area contributed by atoms with E-state index < -0.39 is 12.1 Å². The number of rotatable bonds is 3. The highest BCUT2D eigenvalue weighted by atomic mass is 16.6. The molecule has 2 heterocycles. The van der Waals surface area contributed by atoms with Crippen LogP contribution in [0, 0.1) is 0 Å². The second-order valence-corrected chi connectivity index (χ2v) is 6.27. The third-order valence-electron chi connectivity index (χ3n) is 4.56. The average Bonchev–Trinajstić information content (AvgIpc) is 3.11. The van der Waals surface area contributed by atoms with Crippen molar-refractivity contribution in [1.82, 2.24) is 0 Å². The molecule has 0 spiro atoms. The molecule has 1 atom stereocenters. The molecule has 2 aromatic rings. The molecule has 0 N–H and O–H groups in total. The van der Waals surface area contributed by atoms with Crippen LogP contribution in [0.25, 0.3) is 0 Å². The number of esters is 1. The molecule has 0 aromatic heterocycles. The molecule has 0 saturated heterocycles. The summed E-state index contributed by atoms with van der Waals surface area (Å²) in [5.74, 6) is 0.333. The van der Waals surface area contributed by atoms with E-state index >= 15 is 0 Å².